The number of carbonyl (C=O) groups is 1. The van der Waals surface area contributed by atoms with Crippen LogP contribution < -0.4 is 5.73 Å². The fourth-order valence-corrected chi connectivity index (χ4v) is 1.60. The van der Waals surface area contributed by atoms with Gasteiger partial charge in [-0.15, -0.1) is 0 Å². The fraction of sp³-hybridized carbons (Fsp3) is 0.364. The predicted octanol–water partition coefficient (Wildman–Crippen LogP) is 0.134. The summed E-state index contributed by atoms with van der Waals surface area (Å²) in [6.45, 7) is 0. The lowest BCUT2D eigenvalue weighted by Crippen LogP contribution is -2.23. The molecule has 19 heavy (non-hydrogen) atoms. The topological polar surface area (TPSA) is 136 Å². The number of methoxy groups -OCH3 is 1. The van der Waals surface area contributed by atoms with Gasteiger partial charge in [-0.25, -0.2) is 0 Å². The van der Waals surface area contributed by atoms with Gasteiger partial charge < -0.3 is 20.7 Å². The van der Waals surface area contributed by atoms with Crippen molar-refractivity contribution in [2.45, 2.75) is 18.6 Å². The number of aliphatic hydroxyl groups excluding tert-OH is 2. The third-order valence-electron chi connectivity index (χ3n) is 2.57. The number of rotatable bonds is 5. The van der Waals surface area contributed by atoms with Crippen LogP contribution in [0.3, 0.4) is 0 Å². The molecule has 0 aliphatic carbocycles. The lowest BCUT2D eigenvalue weighted by molar-refractivity contribution is -0.385. The number of nitrogen functional groups attached to an aromatic ring is 1. The number of hydrogen-bond acceptors (Lipinski definition) is 7. The van der Waals surface area contributed by atoms with Crippen molar-refractivity contribution in [2.75, 3.05) is 12.8 Å². The van der Waals surface area contributed by atoms with Gasteiger partial charge in [0.25, 0.3) is 5.69 Å². The van der Waals surface area contributed by atoms with E-state index in [-0.39, 0.29) is 11.3 Å². The molecule has 0 saturated heterocycles. The number of esters is 1. The molecule has 1 aromatic rings. The van der Waals surface area contributed by atoms with Gasteiger partial charge in [0.05, 0.1) is 30.1 Å². The van der Waals surface area contributed by atoms with Gasteiger partial charge in [0, 0.05) is 0 Å². The summed E-state index contributed by atoms with van der Waals surface area (Å²) < 4.78 is 4.34. The van der Waals surface area contributed by atoms with Gasteiger partial charge in [0.2, 0.25) is 0 Å². The first kappa shape index (κ1) is 14.9. The standard InChI is InChI=1S/C11H14N2O6/c1-19-9(15)5-8(14)11(16)6-3-2-4-7(12)10(6)13(17)18/h2-4,8,11,14,16H,5,12H2,1H3. The maximum Gasteiger partial charge on any atom is 0.308 e. The molecule has 1 aromatic carbocycles. The number of para-hydroxylation sites is 1. The van der Waals surface area contributed by atoms with E-state index in [9.17, 15) is 25.1 Å². The molecule has 8 nitrogen and oxygen atoms in total. The highest BCUT2D eigenvalue weighted by atomic mass is 16.6. The molecule has 2 atom stereocenters. The number of nitro groups is 1. The zero-order valence-electron chi connectivity index (χ0n) is 10.1. The van der Waals surface area contributed by atoms with Crippen LogP contribution in [0.15, 0.2) is 18.2 Å². The zero-order chi connectivity index (χ0) is 14.6. The molecular formula is C11H14N2O6. The fourth-order valence-electron chi connectivity index (χ4n) is 1.60. The Balaban J connectivity index is 3.05. The number of nitrogens with two attached hydrogens (primary N) is 1. The van der Waals surface area contributed by atoms with Gasteiger partial charge in [0.15, 0.2) is 0 Å². The Labute approximate surface area is 108 Å². The number of hydrogen-bond donors (Lipinski definition) is 3. The van der Waals surface area contributed by atoms with E-state index >= 15 is 0 Å². The van der Waals surface area contributed by atoms with E-state index in [2.05, 4.69) is 4.74 Å². The van der Waals surface area contributed by atoms with Crippen LogP contribution >= 0.6 is 0 Å². The van der Waals surface area contributed by atoms with Crippen LogP contribution in [0, 0.1) is 10.1 Å². The number of carbonyl (C=O) groups excluding carboxylic acids is 1. The van der Waals surface area contributed by atoms with Crippen LogP contribution in [0.25, 0.3) is 0 Å². The number of nitrogens with zero attached hydrogens (tertiary/aromatic N) is 1. The van der Waals surface area contributed by atoms with Crippen molar-refractivity contribution >= 4 is 17.3 Å². The van der Waals surface area contributed by atoms with E-state index in [1.807, 2.05) is 0 Å². The smallest absolute Gasteiger partial charge is 0.308 e. The van der Waals surface area contributed by atoms with Crippen molar-refractivity contribution in [1.82, 2.24) is 0 Å². The average Bonchev–Trinajstić information content (AvgIpc) is 2.36. The van der Waals surface area contributed by atoms with Crippen molar-refractivity contribution in [1.29, 1.82) is 0 Å². The van der Waals surface area contributed by atoms with Crippen molar-refractivity contribution in [3.05, 3.63) is 33.9 Å². The third-order valence-corrected chi connectivity index (χ3v) is 2.57. The summed E-state index contributed by atoms with van der Waals surface area (Å²) in [5.41, 5.74) is 4.69. The Morgan fingerprint density at radius 2 is 2.16 bits per heavy atom. The van der Waals surface area contributed by atoms with Crippen molar-refractivity contribution in [2.24, 2.45) is 0 Å². The molecule has 2 unspecified atom stereocenters. The maximum absolute atomic E-state index is 11.0. The van der Waals surface area contributed by atoms with Crippen LogP contribution in [0.5, 0.6) is 0 Å². The molecule has 0 bridgehead atoms. The Bertz CT molecular complexity index is 490. The Kier molecular flexibility index (Phi) is 4.79. The summed E-state index contributed by atoms with van der Waals surface area (Å²) in [6.07, 6.45) is -3.61. The number of nitro benzene ring substituents is 1. The monoisotopic (exact) mass is 270 g/mol. The van der Waals surface area contributed by atoms with E-state index in [1.165, 1.54) is 18.2 Å². The van der Waals surface area contributed by atoms with Gasteiger partial charge in [0.1, 0.15) is 11.8 Å². The van der Waals surface area contributed by atoms with Gasteiger partial charge in [-0.1, -0.05) is 6.07 Å². The molecule has 0 fully saturated rings. The molecule has 0 amide bonds. The summed E-state index contributed by atoms with van der Waals surface area (Å²) in [6, 6.07) is 3.98. The Morgan fingerprint density at radius 3 is 2.68 bits per heavy atom. The predicted molar refractivity (Wildman–Crippen MR) is 65.1 cm³/mol. The maximum atomic E-state index is 11.0. The minimum absolute atomic E-state index is 0.133. The molecular weight excluding hydrogens is 256 g/mol. The van der Waals surface area contributed by atoms with Crippen LogP contribution in [0.2, 0.25) is 0 Å². The largest absolute Gasteiger partial charge is 0.469 e. The summed E-state index contributed by atoms with van der Waals surface area (Å²) in [5.74, 6) is -0.738. The first-order valence-electron chi connectivity index (χ1n) is 5.34. The molecule has 0 aliphatic rings. The molecule has 0 radical (unpaired) electrons. The van der Waals surface area contributed by atoms with E-state index in [0.717, 1.165) is 7.11 Å². The van der Waals surface area contributed by atoms with Gasteiger partial charge in [-0.05, 0) is 12.1 Å². The molecule has 4 N–H and O–H groups in total. The summed E-state index contributed by atoms with van der Waals surface area (Å²) in [7, 11) is 1.13. The lowest BCUT2D eigenvalue weighted by Gasteiger charge is -2.17. The van der Waals surface area contributed by atoms with Gasteiger partial charge >= 0.3 is 5.97 Å². The zero-order valence-corrected chi connectivity index (χ0v) is 10.1. The highest BCUT2D eigenvalue weighted by molar-refractivity contribution is 5.70. The SMILES string of the molecule is COC(=O)CC(O)C(O)c1cccc(N)c1[N+](=O)[O-]. The van der Waals surface area contributed by atoms with Crippen LogP contribution in [-0.2, 0) is 9.53 Å². The van der Waals surface area contributed by atoms with E-state index in [4.69, 9.17) is 5.73 Å². The molecule has 8 heteroatoms. The Morgan fingerprint density at radius 1 is 1.53 bits per heavy atom. The third kappa shape index (κ3) is 3.39. The summed E-state index contributed by atoms with van der Waals surface area (Å²) >= 11 is 0. The van der Waals surface area contributed by atoms with Gasteiger partial charge in [-0.2, -0.15) is 0 Å². The quantitative estimate of drug-likeness (QED) is 0.299. The minimum Gasteiger partial charge on any atom is -0.469 e. The van der Waals surface area contributed by atoms with E-state index in [1.54, 1.807) is 0 Å². The number of benzene rings is 1. The first-order valence-corrected chi connectivity index (χ1v) is 5.34. The first-order chi connectivity index (χ1) is 8.88. The van der Waals surface area contributed by atoms with E-state index in [0.29, 0.717) is 0 Å². The van der Waals surface area contributed by atoms with Gasteiger partial charge in [-0.3, -0.25) is 14.9 Å². The number of anilines is 1. The highest BCUT2D eigenvalue weighted by Crippen LogP contribution is 2.32. The van der Waals surface area contributed by atoms with E-state index < -0.39 is 35.2 Å². The summed E-state index contributed by atoms with van der Waals surface area (Å²) in [4.78, 5) is 21.1. The average molecular weight is 270 g/mol. The number of ether oxygens (including phenoxy) is 1. The molecule has 1 rings (SSSR count). The van der Waals surface area contributed by atoms with Crippen molar-refractivity contribution in [3.63, 3.8) is 0 Å². The van der Waals surface area contributed by atoms with Crippen LogP contribution in [0.1, 0.15) is 18.1 Å². The second-order valence-electron chi connectivity index (χ2n) is 3.83. The molecule has 0 spiro atoms. The normalized spacial score (nSPS) is 13.6. The second kappa shape index (κ2) is 6.12. The molecule has 0 aliphatic heterocycles. The lowest BCUT2D eigenvalue weighted by atomic mass is 9.99. The van der Waals surface area contributed by atoms with Crippen molar-refractivity contribution < 1.29 is 24.7 Å². The second-order valence-corrected chi connectivity index (χ2v) is 3.83. The Hall–Kier alpha value is -2.19. The highest BCUT2D eigenvalue weighted by Gasteiger charge is 2.29. The van der Waals surface area contributed by atoms with Crippen LogP contribution in [0.4, 0.5) is 11.4 Å². The molecule has 0 heterocycles. The molecule has 104 valence electrons. The van der Waals surface area contributed by atoms with Crippen molar-refractivity contribution in [3.8, 4) is 0 Å². The molecule has 0 saturated carbocycles. The van der Waals surface area contributed by atoms with Crippen LogP contribution in [-0.4, -0.2) is 34.3 Å². The number of aliphatic hydroxyl groups is 2. The summed E-state index contributed by atoms with van der Waals surface area (Å²) in [5, 5.41) is 30.4. The minimum atomic E-state index is -1.61. The molecule has 0 aromatic heterocycles.